The highest BCUT2D eigenvalue weighted by molar-refractivity contribution is 7.90. The fourth-order valence-corrected chi connectivity index (χ4v) is 4.73. The second-order valence-electron chi connectivity index (χ2n) is 6.54. The number of benzene rings is 2. The molecule has 1 atom stereocenters. The van der Waals surface area contributed by atoms with Gasteiger partial charge in [0.05, 0.1) is 18.7 Å². The molecule has 0 aromatic heterocycles. The fourth-order valence-electron chi connectivity index (χ4n) is 3.12. The fraction of sp³-hybridized carbons (Fsp3) is 0.300. The average Bonchev–Trinajstić information content (AvgIpc) is 2.89. The lowest BCUT2D eigenvalue weighted by molar-refractivity contribution is -0.121. The Hall–Kier alpha value is -2.87. The number of rotatable bonds is 7. The summed E-state index contributed by atoms with van der Waals surface area (Å²) in [5.41, 5.74) is 1.11. The third-order valence-electron chi connectivity index (χ3n) is 4.67. The molecule has 2 amide bonds. The Bertz CT molecular complexity index is 986. The van der Waals surface area contributed by atoms with E-state index in [1.54, 1.807) is 19.2 Å². The van der Waals surface area contributed by atoms with Crippen LogP contribution in [0.4, 0.5) is 0 Å². The van der Waals surface area contributed by atoms with Crippen LogP contribution in [0.3, 0.4) is 0 Å². The van der Waals surface area contributed by atoms with Crippen molar-refractivity contribution in [2.24, 2.45) is 0 Å². The van der Waals surface area contributed by atoms with Gasteiger partial charge < -0.3 is 10.1 Å². The van der Waals surface area contributed by atoms with Gasteiger partial charge in [0.15, 0.2) is 0 Å². The molecule has 1 aliphatic rings. The second-order valence-corrected chi connectivity index (χ2v) is 8.38. The Morgan fingerprint density at radius 2 is 1.82 bits per heavy atom. The minimum atomic E-state index is -3.83. The summed E-state index contributed by atoms with van der Waals surface area (Å²) >= 11 is 0. The zero-order chi connectivity index (χ0) is 20.3. The topological polar surface area (TPSA) is 92.8 Å². The first-order valence-electron chi connectivity index (χ1n) is 8.94. The van der Waals surface area contributed by atoms with Gasteiger partial charge in [0.2, 0.25) is 5.91 Å². The molecule has 8 heteroatoms. The van der Waals surface area contributed by atoms with Crippen LogP contribution in [0.2, 0.25) is 0 Å². The van der Waals surface area contributed by atoms with E-state index in [1.165, 1.54) is 12.1 Å². The van der Waals surface area contributed by atoms with Gasteiger partial charge in [-0.1, -0.05) is 24.3 Å². The van der Waals surface area contributed by atoms with Gasteiger partial charge in [-0.2, -0.15) is 0 Å². The molecule has 0 spiro atoms. The molecule has 2 aromatic rings. The highest BCUT2D eigenvalue weighted by Crippen LogP contribution is 2.30. The number of methoxy groups -OCH3 is 1. The first-order valence-corrected chi connectivity index (χ1v) is 10.4. The van der Waals surface area contributed by atoms with Crippen LogP contribution in [0, 0.1) is 0 Å². The summed E-state index contributed by atoms with van der Waals surface area (Å²) in [7, 11) is -2.24. The molecular formula is C20H22N2O5S. The summed E-state index contributed by atoms with van der Waals surface area (Å²) in [6, 6.07) is 13.3. The lowest BCUT2D eigenvalue weighted by atomic mass is 10.1. The lowest BCUT2D eigenvalue weighted by Crippen LogP contribution is -2.32. The Labute approximate surface area is 164 Å². The van der Waals surface area contributed by atoms with E-state index in [0.717, 1.165) is 15.6 Å². The minimum absolute atomic E-state index is 0.0255. The molecule has 0 saturated heterocycles. The largest absolute Gasteiger partial charge is 0.497 e. The van der Waals surface area contributed by atoms with Crippen molar-refractivity contribution in [3.63, 3.8) is 0 Å². The molecule has 0 aliphatic carbocycles. The summed E-state index contributed by atoms with van der Waals surface area (Å²) in [6.45, 7) is 1.84. The molecule has 0 bridgehead atoms. The van der Waals surface area contributed by atoms with Crippen molar-refractivity contribution in [1.29, 1.82) is 0 Å². The monoisotopic (exact) mass is 402 g/mol. The van der Waals surface area contributed by atoms with Crippen molar-refractivity contribution < 1.29 is 22.7 Å². The SMILES string of the molecule is COc1ccc([C@H](C)NC(=O)CCCN2C(=O)c3ccccc3S2(=O)=O)cc1. The van der Waals surface area contributed by atoms with E-state index in [9.17, 15) is 18.0 Å². The number of hydrogen-bond acceptors (Lipinski definition) is 5. The van der Waals surface area contributed by atoms with Crippen LogP contribution in [0.1, 0.15) is 41.7 Å². The highest BCUT2D eigenvalue weighted by Gasteiger charge is 2.40. The predicted molar refractivity (Wildman–Crippen MR) is 103 cm³/mol. The maximum Gasteiger partial charge on any atom is 0.269 e. The number of nitrogens with one attached hydrogen (secondary N) is 1. The van der Waals surface area contributed by atoms with Crippen molar-refractivity contribution in [2.75, 3.05) is 13.7 Å². The Kier molecular flexibility index (Phi) is 5.69. The Morgan fingerprint density at radius 1 is 1.14 bits per heavy atom. The number of hydrogen-bond donors (Lipinski definition) is 1. The van der Waals surface area contributed by atoms with Crippen molar-refractivity contribution in [3.8, 4) is 5.75 Å². The Balaban J connectivity index is 1.53. The molecule has 0 saturated carbocycles. The van der Waals surface area contributed by atoms with Crippen molar-refractivity contribution >= 4 is 21.8 Å². The first-order chi connectivity index (χ1) is 13.3. The third-order valence-corrected chi connectivity index (χ3v) is 6.51. The highest BCUT2D eigenvalue weighted by atomic mass is 32.2. The average molecular weight is 402 g/mol. The number of carbonyl (C=O) groups is 2. The first kappa shape index (κ1) is 19.9. The zero-order valence-electron chi connectivity index (χ0n) is 15.7. The molecular weight excluding hydrogens is 380 g/mol. The third kappa shape index (κ3) is 3.87. The van der Waals surface area contributed by atoms with E-state index in [1.807, 2.05) is 31.2 Å². The molecule has 1 heterocycles. The molecule has 1 N–H and O–H groups in total. The van der Waals surface area contributed by atoms with E-state index < -0.39 is 15.9 Å². The Morgan fingerprint density at radius 3 is 2.46 bits per heavy atom. The summed E-state index contributed by atoms with van der Waals surface area (Å²) in [5, 5.41) is 2.88. The molecule has 0 radical (unpaired) electrons. The van der Waals surface area contributed by atoms with Gasteiger partial charge in [-0.05, 0) is 43.2 Å². The number of nitrogens with zero attached hydrogens (tertiary/aromatic N) is 1. The molecule has 28 heavy (non-hydrogen) atoms. The summed E-state index contributed by atoms with van der Waals surface area (Å²) in [5.74, 6) is -0.00718. The maximum atomic E-state index is 12.5. The van der Waals surface area contributed by atoms with E-state index in [4.69, 9.17) is 4.74 Å². The predicted octanol–water partition coefficient (Wildman–Crippen LogP) is 2.50. The zero-order valence-corrected chi connectivity index (χ0v) is 16.5. The number of amides is 2. The van der Waals surface area contributed by atoms with Gasteiger partial charge in [-0.15, -0.1) is 0 Å². The minimum Gasteiger partial charge on any atom is -0.497 e. The lowest BCUT2D eigenvalue weighted by Gasteiger charge is -2.17. The van der Waals surface area contributed by atoms with Crippen molar-refractivity contribution in [2.45, 2.75) is 30.7 Å². The number of ether oxygens (including phenoxy) is 1. The summed E-state index contributed by atoms with van der Waals surface area (Å²) in [6.07, 6.45) is 0.371. The molecule has 0 unspecified atom stereocenters. The summed E-state index contributed by atoms with van der Waals surface area (Å²) < 4.78 is 30.9. The van der Waals surface area contributed by atoms with Gasteiger partial charge in [0, 0.05) is 13.0 Å². The smallest absolute Gasteiger partial charge is 0.269 e. The van der Waals surface area contributed by atoms with Crippen LogP contribution in [-0.4, -0.2) is 38.2 Å². The standard InChI is InChI=1S/C20H22N2O5S/c1-14(15-9-11-16(27-2)12-10-15)21-19(23)8-5-13-22-20(24)17-6-3-4-7-18(17)28(22,25)26/h3-4,6-7,9-12,14H,5,8,13H2,1-2H3,(H,21,23)/t14-/m0/s1. The normalized spacial score (nSPS) is 15.8. The molecule has 1 aliphatic heterocycles. The number of fused-ring (bicyclic) bond motifs is 1. The number of sulfonamides is 1. The van der Waals surface area contributed by atoms with Crippen LogP contribution >= 0.6 is 0 Å². The van der Waals surface area contributed by atoms with E-state index >= 15 is 0 Å². The van der Waals surface area contributed by atoms with Crippen molar-refractivity contribution in [1.82, 2.24) is 9.62 Å². The maximum absolute atomic E-state index is 12.5. The van der Waals surface area contributed by atoms with Gasteiger partial charge in [-0.3, -0.25) is 9.59 Å². The molecule has 148 valence electrons. The van der Waals surface area contributed by atoms with Gasteiger partial charge in [0.1, 0.15) is 10.6 Å². The molecule has 7 nitrogen and oxygen atoms in total. The molecule has 3 rings (SSSR count). The molecule has 0 fully saturated rings. The van der Waals surface area contributed by atoms with Crippen LogP contribution in [-0.2, 0) is 14.8 Å². The van der Waals surface area contributed by atoms with Crippen LogP contribution in [0.25, 0.3) is 0 Å². The quantitative estimate of drug-likeness (QED) is 0.768. The van der Waals surface area contributed by atoms with Crippen molar-refractivity contribution in [3.05, 3.63) is 59.7 Å². The van der Waals surface area contributed by atoms with Gasteiger partial charge in [0.25, 0.3) is 15.9 Å². The van der Waals surface area contributed by atoms with Crippen LogP contribution in [0.5, 0.6) is 5.75 Å². The van der Waals surface area contributed by atoms with Gasteiger partial charge in [-0.25, -0.2) is 12.7 Å². The van der Waals surface area contributed by atoms with E-state index in [-0.39, 0.29) is 41.8 Å². The second kappa shape index (κ2) is 8.02. The van der Waals surface area contributed by atoms with E-state index in [0.29, 0.717) is 0 Å². The summed E-state index contributed by atoms with van der Waals surface area (Å²) in [4.78, 5) is 24.6. The van der Waals surface area contributed by atoms with Gasteiger partial charge >= 0.3 is 0 Å². The number of carbonyl (C=O) groups excluding carboxylic acids is 2. The van der Waals surface area contributed by atoms with Crippen LogP contribution in [0.15, 0.2) is 53.4 Å². The molecule has 2 aromatic carbocycles. The van der Waals surface area contributed by atoms with E-state index in [2.05, 4.69) is 5.32 Å². The van der Waals surface area contributed by atoms with Crippen LogP contribution < -0.4 is 10.1 Å².